The Bertz CT molecular complexity index is 427. The fourth-order valence-corrected chi connectivity index (χ4v) is 2.44. The van der Waals surface area contributed by atoms with Crippen molar-refractivity contribution in [1.29, 1.82) is 5.41 Å². The third-order valence-electron chi connectivity index (χ3n) is 2.18. The first-order valence-corrected chi connectivity index (χ1v) is 6.36. The van der Waals surface area contributed by atoms with Crippen LogP contribution in [0.4, 0.5) is 5.69 Å². The van der Waals surface area contributed by atoms with Gasteiger partial charge in [-0.2, -0.15) is 0 Å². The number of thiocarbonyl (C=S) groups is 1. The lowest BCUT2D eigenvalue weighted by Crippen LogP contribution is -2.47. The number of guanidine groups is 1. The molecule has 1 aromatic carbocycles. The molecule has 17 heavy (non-hydrogen) atoms. The van der Waals surface area contributed by atoms with Crippen LogP contribution in [-0.4, -0.2) is 17.6 Å². The number of nitrogens with zero attached hydrogens (tertiary/aromatic N) is 1. The number of anilines is 1. The Morgan fingerprint density at radius 1 is 1.59 bits per heavy atom. The number of hydrogen-bond donors (Lipinski definition) is 3. The van der Waals surface area contributed by atoms with Crippen molar-refractivity contribution in [2.45, 2.75) is 13.8 Å². The minimum atomic E-state index is -0.106. The first kappa shape index (κ1) is 13.9. The zero-order chi connectivity index (χ0) is 13.0. The molecule has 0 heterocycles. The summed E-state index contributed by atoms with van der Waals surface area (Å²) in [6, 6.07) is 5.77. The van der Waals surface area contributed by atoms with Gasteiger partial charge in [-0.15, -0.1) is 0 Å². The molecule has 4 nitrogen and oxygen atoms in total. The van der Waals surface area contributed by atoms with Gasteiger partial charge in [-0.1, -0.05) is 12.1 Å². The summed E-state index contributed by atoms with van der Waals surface area (Å²) < 4.78 is 0.855. The van der Waals surface area contributed by atoms with Gasteiger partial charge in [-0.25, -0.2) is 0 Å². The van der Waals surface area contributed by atoms with E-state index in [1.54, 1.807) is 0 Å². The van der Waals surface area contributed by atoms with Crippen molar-refractivity contribution >= 4 is 44.9 Å². The summed E-state index contributed by atoms with van der Waals surface area (Å²) in [7, 11) is 0. The van der Waals surface area contributed by atoms with Gasteiger partial charge in [0.2, 0.25) is 0 Å². The summed E-state index contributed by atoms with van der Waals surface area (Å²) in [5.41, 5.74) is 7.39. The van der Waals surface area contributed by atoms with Crippen LogP contribution in [-0.2, 0) is 0 Å². The van der Waals surface area contributed by atoms with Crippen molar-refractivity contribution in [2.75, 3.05) is 11.4 Å². The smallest absolute Gasteiger partial charge is 0.199 e. The van der Waals surface area contributed by atoms with Gasteiger partial charge in [0.1, 0.15) is 0 Å². The molecule has 0 atom stereocenters. The summed E-state index contributed by atoms with van der Waals surface area (Å²) in [5, 5.41) is 11.1. The Labute approximate surface area is 115 Å². The summed E-state index contributed by atoms with van der Waals surface area (Å²) in [6.45, 7) is 4.58. The van der Waals surface area contributed by atoms with Crippen molar-refractivity contribution in [2.24, 2.45) is 5.73 Å². The van der Waals surface area contributed by atoms with Crippen LogP contribution in [0.5, 0.6) is 0 Å². The van der Waals surface area contributed by atoms with Gasteiger partial charge in [-0.3, -0.25) is 10.3 Å². The molecular weight excluding hydrogens is 300 g/mol. The monoisotopic (exact) mass is 314 g/mol. The number of aryl methyl sites for hydroxylation is 1. The van der Waals surface area contributed by atoms with E-state index in [9.17, 15) is 0 Å². The van der Waals surface area contributed by atoms with Crippen molar-refractivity contribution < 1.29 is 0 Å². The molecule has 0 fully saturated rings. The molecule has 0 radical (unpaired) electrons. The van der Waals surface area contributed by atoms with E-state index >= 15 is 0 Å². The van der Waals surface area contributed by atoms with Gasteiger partial charge >= 0.3 is 0 Å². The van der Waals surface area contributed by atoms with Crippen molar-refractivity contribution in [3.8, 4) is 0 Å². The second-order valence-corrected chi connectivity index (χ2v) is 4.70. The highest BCUT2D eigenvalue weighted by Crippen LogP contribution is 2.29. The van der Waals surface area contributed by atoms with E-state index in [0.717, 1.165) is 15.7 Å². The van der Waals surface area contributed by atoms with E-state index in [4.69, 9.17) is 23.4 Å². The van der Waals surface area contributed by atoms with Crippen molar-refractivity contribution in [3.05, 3.63) is 28.2 Å². The highest BCUT2D eigenvalue weighted by molar-refractivity contribution is 9.10. The van der Waals surface area contributed by atoms with Gasteiger partial charge in [0.05, 0.1) is 5.69 Å². The molecule has 0 unspecified atom stereocenters. The molecule has 0 bridgehead atoms. The van der Waals surface area contributed by atoms with E-state index in [0.29, 0.717) is 11.7 Å². The lowest BCUT2D eigenvalue weighted by atomic mass is 10.2. The molecule has 1 rings (SSSR count). The minimum absolute atomic E-state index is 0.106. The number of hydrogen-bond acceptors (Lipinski definition) is 2. The summed E-state index contributed by atoms with van der Waals surface area (Å²) in [6.07, 6.45) is 0. The van der Waals surface area contributed by atoms with Gasteiger partial charge in [0.25, 0.3) is 0 Å². The molecule has 4 N–H and O–H groups in total. The maximum atomic E-state index is 7.65. The second kappa shape index (κ2) is 5.97. The molecule has 6 heteroatoms. The Hall–Kier alpha value is -1.14. The molecule has 0 spiro atoms. The van der Waals surface area contributed by atoms with Crippen LogP contribution >= 0.6 is 28.1 Å². The first-order chi connectivity index (χ1) is 7.99. The SMILES string of the molecule is CCNC(=S)N(C(=N)N)c1c(C)cccc1Br. The largest absolute Gasteiger partial charge is 0.369 e. The second-order valence-electron chi connectivity index (χ2n) is 3.46. The van der Waals surface area contributed by atoms with Crippen LogP contribution in [0.15, 0.2) is 22.7 Å². The highest BCUT2D eigenvalue weighted by atomic mass is 79.9. The van der Waals surface area contributed by atoms with E-state index < -0.39 is 0 Å². The van der Waals surface area contributed by atoms with Crippen molar-refractivity contribution in [1.82, 2.24) is 5.32 Å². The number of rotatable bonds is 2. The maximum absolute atomic E-state index is 7.65. The predicted molar refractivity (Wildman–Crippen MR) is 79.5 cm³/mol. The van der Waals surface area contributed by atoms with E-state index in [1.165, 1.54) is 4.90 Å². The van der Waals surface area contributed by atoms with Gasteiger partial charge in [-0.05, 0) is 53.6 Å². The van der Waals surface area contributed by atoms with Crippen LogP contribution in [0.1, 0.15) is 12.5 Å². The fraction of sp³-hybridized carbons (Fsp3) is 0.273. The average Bonchev–Trinajstić information content (AvgIpc) is 2.23. The van der Waals surface area contributed by atoms with Crippen LogP contribution < -0.4 is 16.0 Å². The standard InChI is InChI=1S/C11H15BrN4S/c1-3-15-11(17)16(10(13)14)9-7(2)5-4-6-8(9)12/h4-6H,3H2,1-2H3,(H3,13,14)(H,15,17). The Morgan fingerprint density at radius 3 is 2.71 bits per heavy atom. The molecule has 0 saturated heterocycles. The van der Waals surface area contributed by atoms with Crippen molar-refractivity contribution in [3.63, 3.8) is 0 Å². The van der Waals surface area contributed by atoms with E-state index in [-0.39, 0.29) is 5.96 Å². The molecule has 1 aromatic rings. The number of nitrogens with two attached hydrogens (primary N) is 1. The fourth-order valence-electron chi connectivity index (χ4n) is 1.47. The molecule has 0 aliphatic rings. The molecule has 92 valence electrons. The van der Waals surface area contributed by atoms with Gasteiger partial charge in [0.15, 0.2) is 11.1 Å². The third kappa shape index (κ3) is 3.17. The van der Waals surface area contributed by atoms with Crippen LogP contribution in [0, 0.1) is 12.3 Å². The summed E-state index contributed by atoms with van der Waals surface area (Å²) >= 11 is 8.68. The van der Waals surface area contributed by atoms with Crippen LogP contribution in [0.2, 0.25) is 0 Å². The molecule has 0 aromatic heterocycles. The van der Waals surface area contributed by atoms with Crippen LogP contribution in [0.3, 0.4) is 0 Å². The normalized spacial score (nSPS) is 9.82. The average molecular weight is 315 g/mol. The zero-order valence-electron chi connectivity index (χ0n) is 9.75. The van der Waals surface area contributed by atoms with Gasteiger partial charge in [0, 0.05) is 11.0 Å². The topological polar surface area (TPSA) is 65.1 Å². The molecule has 0 amide bonds. The minimum Gasteiger partial charge on any atom is -0.369 e. The lowest BCUT2D eigenvalue weighted by Gasteiger charge is -2.26. The maximum Gasteiger partial charge on any atom is 0.199 e. The van der Waals surface area contributed by atoms with Gasteiger partial charge < -0.3 is 11.1 Å². The number of para-hydroxylation sites is 1. The third-order valence-corrected chi connectivity index (χ3v) is 3.15. The lowest BCUT2D eigenvalue weighted by molar-refractivity contribution is 0.964. The quantitative estimate of drug-likeness (QED) is 0.445. The zero-order valence-corrected chi connectivity index (χ0v) is 12.2. The highest BCUT2D eigenvalue weighted by Gasteiger charge is 2.19. The first-order valence-electron chi connectivity index (χ1n) is 5.16. The van der Waals surface area contributed by atoms with E-state index in [2.05, 4.69) is 21.2 Å². The predicted octanol–water partition coefficient (Wildman–Crippen LogP) is 2.35. The Balaban J connectivity index is 3.23. The number of halogens is 1. The van der Waals surface area contributed by atoms with E-state index in [1.807, 2.05) is 32.0 Å². The summed E-state index contributed by atoms with van der Waals surface area (Å²) in [4.78, 5) is 1.51. The number of nitrogens with one attached hydrogen (secondary N) is 2. The molecule has 0 aliphatic carbocycles. The van der Waals surface area contributed by atoms with Crippen LogP contribution in [0.25, 0.3) is 0 Å². The molecule has 0 saturated carbocycles. The molecule has 0 aliphatic heterocycles. The summed E-state index contributed by atoms with van der Waals surface area (Å²) in [5.74, 6) is -0.106. The Kier molecular flexibility index (Phi) is 4.89. The Morgan fingerprint density at radius 2 is 2.24 bits per heavy atom. The number of benzene rings is 1. The molecular formula is C11H15BrN4S.